The van der Waals surface area contributed by atoms with E-state index in [4.69, 9.17) is 16.1 Å². The number of nitrogens with two attached hydrogens (primary N) is 1. The minimum Gasteiger partial charge on any atom is -0.389 e. The van der Waals surface area contributed by atoms with Gasteiger partial charge >= 0.3 is 0 Å². The van der Waals surface area contributed by atoms with Gasteiger partial charge in [0.05, 0.1) is 16.5 Å². The molecule has 1 spiro atoms. The Labute approximate surface area is 227 Å². The predicted octanol–water partition coefficient (Wildman–Crippen LogP) is 1.68. The molecule has 2 aromatic rings. The molecule has 6 rings (SSSR count). The second-order valence-electron chi connectivity index (χ2n) is 11.1. The number of carbonyl (C=O) groups excluding carboxylic acids is 1. The van der Waals surface area contributed by atoms with E-state index in [0.29, 0.717) is 22.7 Å². The molecular formula is C27H35N9OS. The van der Waals surface area contributed by atoms with Gasteiger partial charge in [0.25, 0.3) is 0 Å². The number of nitrogens with zero attached hydrogens (tertiary/aromatic N) is 4. The molecule has 2 saturated heterocycles. The topological polar surface area (TPSA) is 146 Å². The maximum atomic E-state index is 13.8. The molecule has 2 aliphatic carbocycles. The number of fused-ring (bicyclic) bond motifs is 1. The molecular weight excluding hydrogens is 498 g/mol. The van der Waals surface area contributed by atoms with Crippen molar-refractivity contribution in [2.75, 3.05) is 61.3 Å². The molecule has 4 heterocycles. The predicted molar refractivity (Wildman–Crippen MR) is 150 cm³/mol. The zero-order valence-electron chi connectivity index (χ0n) is 21.8. The van der Waals surface area contributed by atoms with Crippen molar-refractivity contribution in [2.45, 2.75) is 50.0 Å². The number of aromatic nitrogens is 1. The number of pyridine rings is 1. The molecule has 10 nitrogen and oxygen atoms in total. The lowest BCUT2D eigenvalue weighted by Crippen LogP contribution is -2.54. The quantitative estimate of drug-likeness (QED) is 0.295. The number of piperazine rings is 2. The van der Waals surface area contributed by atoms with Crippen LogP contribution in [0.15, 0.2) is 12.1 Å². The molecule has 2 aliphatic heterocycles. The van der Waals surface area contributed by atoms with Crippen molar-refractivity contribution >= 4 is 39.6 Å². The molecule has 1 saturated carbocycles. The van der Waals surface area contributed by atoms with Crippen LogP contribution in [0.2, 0.25) is 0 Å². The van der Waals surface area contributed by atoms with Crippen LogP contribution in [0.1, 0.15) is 54.3 Å². The van der Waals surface area contributed by atoms with E-state index in [1.54, 1.807) is 0 Å². The zero-order chi connectivity index (χ0) is 26.5. The van der Waals surface area contributed by atoms with Crippen LogP contribution >= 0.6 is 11.3 Å². The second-order valence-corrected chi connectivity index (χ2v) is 12.3. The third-order valence-electron chi connectivity index (χ3n) is 8.67. The SMILES string of the molecule is CC1(C(=O)NC(=N)c2cc(N3CCNCC3)cc(N3CCNCC34CC4)n2)CCCc2sc(N)c(C#N)c21. The summed E-state index contributed by atoms with van der Waals surface area (Å²) in [5, 5.41) is 29.0. The number of aryl methyl sites for hydroxylation is 1. The van der Waals surface area contributed by atoms with E-state index < -0.39 is 5.41 Å². The summed E-state index contributed by atoms with van der Waals surface area (Å²) in [6.07, 6.45) is 4.52. The standard InChI is InChI=1S/C27H35N9OS/c1-26(4-2-3-20-22(26)18(15-28)24(30)38-20)25(37)34-23(29)19-13-17(35-10-7-31-8-11-35)14-21(33-19)36-12-9-32-16-27(36)5-6-27/h13-14,31-32H,2-12,16,30H2,1H3,(H2,29,34,37). The number of thiophene rings is 1. The van der Waals surface area contributed by atoms with Gasteiger partial charge in [0, 0.05) is 68.0 Å². The Morgan fingerprint density at radius 3 is 2.71 bits per heavy atom. The lowest BCUT2D eigenvalue weighted by molar-refractivity contribution is -0.125. The molecule has 38 heavy (non-hydrogen) atoms. The highest BCUT2D eigenvalue weighted by Crippen LogP contribution is 2.46. The zero-order valence-corrected chi connectivity index (χ0v) is 22.6. The van der Waals surface area contributed by atoms with Crippen molar-refractivity contribution in [1.29, 1.82) is 10.7 Å². The number of hydrogen-bond donors (Lipinski definition) is 5. The maximum absolute atomic E-state index is 13.8. The molecule has 0 bridgehead atoms. The van der Waals surface area contributed by atoms with Gasteiger partial charge in [-0.2, -0.15) is 5.26 Å². The molecule has 6 N–H and O–H groups in total. The van der Waals surface area contributed by atoms with E-state index in [-0.39, 0.29) is 17.3 Å². The van der Waals surface area contributed by atoms with Crippen LogP contribution in [0.5, 0.6) is 0 Å². The van der Waals surface area contributed by atoms with Gasteiger partial charge in [-0.3, -0.25) is 10.2 Å². The van der Waals surface area contributed by atoms with Gasteiger partial charge in [-0.25, -0.2) is 4.98 Å². The molecule has 1 amide bonds. The van der Waals surface area contributed by atoms with Gasteiger partial charge in [0.1, 0.15) is 22.6 Å². The summed E-state index contributed by atoms with van der Waals surface area (Å²) in [6.45, 7) is 8.16. The number of amides is 1. The fourth-order valence-electron chi connectivity index (χ4n) is 6.31. The molecule has 3 fully saturated rings. The Hall–Kier alpha value is -3.20. The van der Waals surface area contributed by atoms with E-state index in [1.165, 1.54) is 11.3 Å². The Kier molecular flexibility index (Phi) is 6.29. The summed E-state index contributed by atoms with van der Waals surface area (Å²) in [5.41, 5.74) is 7.96. The smallest absolute Gasteiger partial charge is 0.236 e. The van der Waals surface area contributed by atoms with Gasteiger partial charge < -0.3 is 31.5 Å². The number of nitriles is 1. The molecule has 11 heteroatoms. The maximum Gasteiger partial charge on any atom is 0.236 e. The third kappa shape index (κ3) is 4.21. The summed E-state index contributed by atoms with van der Waals surface area (Å²) in [7, 11) is 0. The lowest BCUT2D eigenvalue weighted by Gasteiger charge is -2.39. The van der Waals surface area contributed by atoms with Gasteiger partial charge in [-0.15, -0.1) is 11.3 Å². The Balaban J connectivity index is 1.32. The number of nitrogen functional groups attached to an aromatic ring is 1. The van der Waals surface area contributed by atoms with Gasteiger partial charge in [0.2, 0.25) is 5.91 Å². The van der Waals surface area contributed by atoms with Crippen molar-refractivity contribution < 1.29 is 4.79 Å². The fraction of sp³-hybridized carbons (Fsp3) is 0.556. The minimum atomic E-state index is -0.922. The Bertz CT molecular complexity index is 1320. The molecule has 0 radical (unpaired) electrons. The molecule has 1 atom stereocenters. The molecule has 4 aliphatic rings. The first kappa shape index (κ1) is 25.1. The van der Waals surface area contributed by atoms with Crippen molar-refractivity contribution in [3.63, 3.8) is 0 Å². The average molecular weight is 534 g/mol. The number of rotatable bonds is 4. The van der Waals surface area contributed by atoms with Gasteiger partial charge in [0.15, 0.2) is 5.84 Å². The summed E-state index contributed by atoms with van der Waals surface area (Å²) in [5.74, 6) is 0.579. The van der Waals surface area contributed by atoms with Crippen molar-refractivity contribution in [3.05, 3.63) is 33.8 Å². The van der Waals surface area contributed by atoms with E-state index in [9.17, 15) is 10.1 Å². The second kappa shape index (κ2) is 9.52. The molecule has 1 unspecified atom stereocenters. The van der Waals surface area contributed by atoms with Crippen LogP contribution in [0.25, 0.3) is 0 Å². The highest BCUT2D eigenvalue weighted by atomic mass is 32.1. The summed E-state index contributed by atoms with van der Waals surface area (Å²) < 4.78 is 0. The number of anilines is 3. The van der Waals surface area contributed by atoms with Crippen LogP contribution in [0.4, 0.5) is 16.5 Å². The highest BCUT2D eigenvalue weighted by molar-refractivity contribution is 7.16. The number of carbonyl (C=O) groups is 1. The van der Waals surface area contributed by atoms with Crippen LogP contribution in [-0.4, -0.2) is 68.1 Å². The highest BCUT2D eigenvalue weighted by Gasteiger charge is 2.50. The van der Waals surface area contributed by atoms with E-state index in [1.807, 2.05) is 13.0 Å². The summed E-state index contributed by atoms with van der Waals surface area (Å²) in [6, 6.07) is 6.30. The van der Waals surface area contributed by atoms with Crippen LogP contribution in [-0.2, 0) is 16.6 Å². The minimum absolute atomic E-state index is 0.0109. The van der Waals surface area contributed by atoms with Crippen molar-refractivity contribution in [3.8, 4) is 6.07 Å². The summed E-state index contributed by atoms with van der Waals surface area (Å²) in [4.78, 5) is 24.4. The van der Waals surface area contributed by atoms with Crippen LogP contribution in [0.3, 0.4) is 0 Å². The first-order valence-electron chi connectivity index (χ1n) is 13.5. The molecule has 0 aromatic carbocycles. The molecule has 2 aromatic heterocycles. The van der Waals surface area contributed by atoms with Crippen LogP contribution < -0.4 is 31.5 Å². The van der Waals surface area contributed by atoms with Crippen molar-refractivity contribution in [2.24, 2.45) is 0 Å². The lowest BCUT2D eigenvalue weighted by atomic mass is 9.72. The summed E-state index contributed by atoms with van der Waals surface area (Å²) >= 11 is 1.41. The Morgan fingerprint density at radius 1 is 1.21 bits per heavy atom. The van der Waals surface area contributed by atoms with E-state index in [2.05, 4.69) is 37.9 Å². The monoisotopic (exact) mass is 533 g/mol. The Morgan fingerprint density at radius 2 is 1.97 bits per heavy atom. The number of hydrogen-bond acceptors (Lipinski definition) is 10. The molecule has 200 valence electrons. The number of nitrogens with one attached hydrogen (secondary N) is 4. The first-order valence-corrected chi connectivity index (χ1v) is 14.3. The van der Waals surface area contributed by atoms with Gasteiger partial charge in [-0.05, 0) is 45.1 Å². The fourth-order valence-corrected chi connectivity index (χ4v) is 7.50. The number of amidine groups is 1. The van der Waals surface area contributed by atoms with Crippen molar-refractivity contribution in [1.82, 2.24) is 20.9 Å². The third-order valence-corrected chi connectivity index (χ3v) is 9.75. The van der Waals surface area contributed by atoms with E-state index >= 15 is 0 Å². The largest absolute Gasteiger partial charge is 0.389 e. The van der Waals surface area contributed by atoms with Gasteiger partial charge in [-0.1, -0.05) is 0 Å². The first-order chi connectivity index (χ1) is 18.3. The van der Waals surface area contributed by atoms with E-state index in [0.717, 1.165) is 93.4 Å². The average Bonchev–Trinajstić information content (AvgIpc) is 3.61. The normalized spacial score (nSPS) is 24.0. The van der Waals surface area contributed by atoms with Crippen LogP contribution in [0, 0.1) is 16.7 Å².